The Bertz CT molecular complexity index is 502. The van der Waals surface area contributed by atoms with E-state index in [1.165, 1.54) is 0 Å². The van der Waals surface area contributed by atoms with E-state index >= 15 is 0 Å². The number of nitrogens with one attached hydrogen (secondary N) is 1. The van der Waals surface area contributed by atoms with Crippen LogP contribution in [0.4, 0.5) is 0 Å². The van der Waals surface area contributed by atoms with Crippen LogP contribution in [0, 0.1) is 12.8 Å². The lowest BCUT2D eigenvalue weighted by molar-refractivity contribution is -0.125. The Labute approximate surface area is 124 Å². The second-order valence-corrected chi connectivity index (χ2v) is 6.03. The van der Waals surface area contributed by atoms with Crippen LogP contribution < -0.4 is 10.1 Å². The van der Waals surface area contributed by atoms with Crippen LogP contribution in [-0.4, -0.2) is 29.8 Å². The summed E-state index contributed by atoms with van der Waals surface area (Å²) >= 11 is 5.86. The van der Waals surface area contributed by atoms with Crippen LogP contribution >= 0.6 is 11.6 Å². The Morgan fingerprint density at radius 2 is 2.25 bits per heavy atom. The molecule has 0 heterocycles. The van der Waals surface area contributed by atoms with Gasteiger partial charge in [-0.05, 0) is 56.4 Å². The van der Waals surface area contributed by atoms with Crippen LogP contribution in [0.1, 0.15) is 25.3 Å². The number of ether oxygens (including phenoxy) is 1. The topological polar surface area (TPSA) is 58.6 Å². The fraction of sp³-hybridized carbons (Fsp3) is 0.533. The van der Waals surface area contributed by atoms with Gasteiger partial charge in [0.15, 0.2) is 6.61 Å². The van der Waals surface area contributed by atoms with Gasteiger partial charge in [0.05, 0.1) is 12.1 Å². The molecule has 1 amide bonds. The SMILES string of the molecule is Cc1cc(Cl)ccc1OCC(=O)NC(C)(CO)C1CC1. The van der Waals surface area contributed by atoms with Gasteiger partial charge in [0, 0.05) is 5.02 Å². The largest absolute Gasteiger partial charge is 0.484 e. The average Bonchev–Trinajstić information content (AvgIpc) is 3.22. The molecule has 1 aliphatic rings. The lowest BCUT2D eigenvalue weighted by Crippen LogP contribution is -2.52. The van der Waals surface area contributed by atoms with Crippen molar-refractivity contribution in [3.05, 3.63) is 28.8 Å². The van der Waals surface area contributed by atoms with Crippen molar-refractivity contribution in [2.45, 2.75) is 32.2 Å². The maximum atomic E-state index is 11.9. The molecular formula is C15H20ClNO3. The minimum absolute atomic E-state index is 0.0522. The van der Waals surface area contributed by atoms with Gasteiger partial charge in [-0.2, -0.15) is 0 Å². The molecule has 0 aromatic heterocycles. The number of hydrogen-bond donors (Lipinski definition) is 2. The minimum Gasteiger partial charge on any atom is -0.484 e. The summed E-state index contributed by atoms with van der Waals surface area (Å²) < 4.78 is 5.49. The smallest absolute Gasteiger partial charge is 0.258 e. The van der Waals surface area contributed by atoms with Crippen LogP contribution in [-0.2, 0) is 4.79 Å². The van der Waals surface area contributed by atoms with E-state index in [1.54, 1.807) is 18.2 Å². The second-order valence-electron chi connectivity index (χ2n) is 5.60. The number of rotatable bonds is 6. The van der Waals surface area contributed by atoms with Gasteiger partial charge in [-0.1, -0.05) is 11.6 Å². The Balaban J connectivity index is 1.88. The summed E-state index contributed by atoms with van der Waals surface area (Å²) in [7, 11) is 0. The van der Waals surface area contributed by atoms with Crippen LogP contribution in [0.15, 0.2) is 18.2 Å². The average molecular weight is 298 g/mol. The van der Waals surface area contributed by atoms with Gasteiger partial charge in [-0.25, -0.2) is 0 Å². The molecular weight excluding hydrogens is 278 g/mol. The Hall–Kier alpha value is -1.26. The number of carbonyl (C=O) groups is 1. The van der Waals surface area contributed by atoms with E-state index in [9.17, 15) is 9.90 Å². The summed E-state index contributed by atoms with van der Waals surface area (Å²) in [5, 5.41) is 12.9. The zero-order chi connectivity index (χ0) is 14.8. The molecule has 1 fully saturated rings. The number of aliphatic hydroxyl groups is 1. The maximum Gasteiger partial charge on any atom is 0.258 e. The van der Waals surface area contributed by atoms with Crippen molar-refractivity contribution < 1.29 is 14.6 Å². The molecule has 1 atom stereocenters. The Morgan fingerprint density at radius 3 is 2.80 bits per heavy atom. The van der Waals surface area contributed by atoms with Crippen LogP contribution in [0.2, 0.25) is 5.02 Å². The van der Waals surface area contributed by atoms with Gasteiger partial charge in [0.25, 0.3) is 5.91 Å². The first kappa shape index (κ1) is 15.1. The molecule has 1 aliphatic carbocycles. The van der Waals surface area contributed by atoms with Crippen molar-refractivity contribution in [3.63, 3.8) is 0 Å². The highest BCUT2D eigenvalue weighted by atomic mass is 35.5. The Morgan fingerprint density at radius 1 is 1.55 bits per heavy atom. The first-order chi connectivity index (χ1) is 9.44. The molecule has 0 radical (unpaired) electrons. The normalized spacial score (nSPS) is 17.4. The number of benzene rings is 1. The number of aliphatic hydroxyl groups excluding tert-OH is 1. The van der Waals surface area contributed by atoms with Gasteiger partial charge in [-0.3, -0.25) is 4.79 Å². The van der Waals surface area contributed by atoms with Crippen molar-refractivity contribution >= 4 is 17.5 Å². The predicted octanol–water partition coefficient (Wildman–Crippen LogP) is 2.30. The molecule has 2 N–H and O–H groups in total. The zero-order valence-electron chi connectivity index (χ0n) is 11.8. The van der Waals surface area contributed by atoms with Crippen LogP contribution in [0.5, 0.6) is 5.75 Å². The highest BCUT2D eigenvalue weighted by molar-refractivity contribution is 6.30. The molecule has 2 rings (SSSR count). The quantitative estimate of drug-likeness (QED) is 0.847. The molecule has 0 saturated heterocycles. The first-order valence-corrected chi connectivity index (χ1v) is 7.13. The van der Waals surface area contributed by atoms with E-state index in [-0.39, 0.29) is 19.1 Å². The van der Waals surface area contributed by atoms with Gasteiger partial charge in [-0.15, -0.1) is 0 Å². The number of halogens is 1. The molecule has 1 aromatic rings. The summed E-state index contributed by atoms with van der Waals surface area (Å²) in [6.45, 7) is 3.63. The molecule has 20 heavy (non-hydrogen) atoms. The summed E-state index contributed by atoms with van der Waals surface area (Å²) in [5.74, 6) is 0.790. The van der Waals surface area contributed by atoms with E-state index in [2.05, 4.69) is 5.32 Å². The maximum absolute atomic E-state index is 11.9. The third kappa shape index (κ3) is 3.64. The summed E-state index contributed by atoms with van der Waals surface area (Å²) in [4.78, 5) is 11.9. The monoisotopic (exact) mass is 297 g/mol. The van der Waals surface area contributed by atoms with Crippen molar-refractivity contribution in [1.82, 2.24) is 5.32 Å². The third-order valence-corrected chi connectivity index (χ3v) is 3.96. The number of carbonyl (C=O) groups excluding carboxylic acids is 1. The van der Waals surface area contributed by atoms with Crippen LogP contribution in [0.25, 0.3) is 0 Å². The predicted molar refractivity (Wildman–Crippen MR) is 78.0 cm³/mol. The summed E-state index contributed by atoms with van der Waals surface area (Å²) in [5.41, 5.74) is 0.354. The van der Waals surface area contributed by atoms with Gasteiger partial charge in [0.2, 0.25) is 0 Å². The van der Waals surface area contributed by atoms with E-state index in [0.717, 1.165) is 18.4 Å². The van der Waals surface area contributed by atoms with Crippen LogP contribution in [0.3, 0.4) is 0 Å². The fourth-order valence-corrected chi connectivity index (χ4v) is 2.49. The highest BCUT2D eigenvalue weighted by Crippen LogP contribution is 2.39. The van der Waals surface area contributed by atoms with Crippen molar-refractivity contribution in [2.75, 3.05) is 13.2 Å². The highest BCUT2D eigenvalue weighted by Gasteiger charge is 2.42. The zero-order valence-corrected chi connectivity index (χ0v) is 12.5. The van der Waals surface area contributed by atoms with Gasteiger partial charge >= 0.3 is 0 Å². The summed E-state index contributed by atoms with van der Waals surface area (Å²) in [6.07, 6.45) is 2.10. The number of aryl methyl sites for hydroxylation is 1. The fourth-order valence-electron chi connectivity index (χ4n) is 2.26. The van der Waals surface area contributed by atoms with E-state index in [1.807, 2.05) is 13.8 Å². The first-order valence-electron chi connectivity index (χ1n) is 6.75. The minimum atomic E-state index is -0.532. The molecule has 4 nitrogen and oxygen atoms in total. The molecule has 1 saturated carbocycles. The van der Waals surface area contributed by atoms with Gasteiger partial charge in [0.1, 0.15) is 5.75 Å². The lowest BCUT2D eigenvalue weighted by atomic mass is 9.97. The molecule has 0 bridgehead atoms. The molecule has 110 valence electrons. The number of hydrogen-bond acceptors (Lipinski definition) is 3. The lowest BCUT2D eigenvalue weighted by Gasteiger charge is -2.28. The summed E-state index contributed by atoms with van der Waals surface area (Å²) in [6, 6.07) is 5.26. The van der Waals surface area contributed by atoms with E-state index in [0.29, 0.717) is 16.7 Å². The van der Waals surface area contributed by atoms with E-state index in [4.69, 9.17) is 16.3 Å². The molecule has 1 aromatic carbocycles. The van der Waals surface area contributed by atoms with Crippen molar-refractivity contribution in [2.24, 2.45) is 5.92 Å². The van der Waals surface area contributed by atoms with Crippen molar-refractivity contribution in [3.8, 4) is 5.75 Å². The Kier molecular flexibility index (Phi) is 4.55. The van der Waals surface area contributed by atoms with Crippen molar-refractivity contribution in [1.29, 1.82) is 0 Å². The molecule has 0 aliphatic heterocycles. The van der Waals surface area contributed by atoms with Gasteiger partial charge < -0.3 is 15.2 Å². The molecule has 0 spiro atoms. The molecule has 5 heteroatoms. The second kappa shape index (κ2) is 6.02. The standard InChI is InChI=1S/C15H20ClNO3/c1-10-7-12(16)5-6-13(10)20-8-14(19)17-15(2,9-18)11-3-4-11/h5-7,11,18H,3-4,8-9H2,1-2H3,(H,17,19). The third-order valence-electron chi connectivity index (χ3n) is 3.73. The number of amides is 1. The molecule has 1 unspecified atom stereocenters. The van der Waals surface area contributed by atoms with E-state index < -0.39 is 5.54 Å².